The summed E-state index contributed by atoms with van der Waals surface area (Å²) in [5.41, 5.74) is 7.29. The minimum absolute atomic E-state index is 0.0396. The van der Waals surface area contributed by atoms with E-state index in [-0.39, 0.29) is 29.8 Å². The van der Waals surface area contributed by atoms with Gasteiger partial charge in [-0.1, -0.05) is 11.6 Å². The highest BCUT2D eigenvalue weighted by molar-refractivity contribution is 6.10. The van der Waals surface area contributed by atoms with Crippen LogP contribution < -0.4 is 15.5 Å². The maximum atomic E-state index is 13.7. The molecule has 3 heterocycles. The van der Waals surface area contributed by atoms with Crippen molar-refractivity contribution in [2.45, 2.75) is 66.5 Å². The van der Waals surface area contributed by atoms with E-state index in [4.69, 9.17) is 4.98 Å². The Morgan fingerprint density at radius 1 is 1.15 bits per heavy atom. The van der Waals surface area contributed by atoms with E-state index in [1.165, 1.54) is 0 Å². The second-order valence-electron chi connectivity index (χ2n) is 12.3. The molecule has 7 heteroatoms. The highest BCUT2D eigenvalue weighted by atomic mass is 16.2. The number of Topliss-reactive ketones (excluding diaryl/α,β-unsaturated/α-hetero) is 1. The van der Waals surface area contributed by atoms with Gasteiger partial charge in [0, 0.05) is 84.2 Å². The smallest absolute Gasteiger partial charge is 0.252 e. The molecule has 0 saturated carbocycles. The van der Waals surface area contributed by atoms with Crippen LogP contribution in [-0.2, 0) is 4.79 Å². The summed E-state index contributed by atoms with van der Waals surface area (Å²) in [5, 5.41) is 7.55. The molecule has 210 valence electrons. The van der Waals surface area contributed by atoms with Crippen LogP contribution in [0.5, 0.6) is 0 Å². The zero-order valence-corrected chi connectivity index (χ0v) is 24.8. The van der Waals surface area contributed by atoms with E-state index in [0.717, 1.165) is 64.2 Å². The summed E-state index contributed by atoms with van der Waals surface area (Å²) in [4.78, 5) is 33.5. The number of nitrogens with zero attached hydrogens (tertiary/aromatic N) is 3. The molecule has 1 fully saturated rings. The average Bonchev–Trinajstić information content (AvgIpc) is 3.23. The fourth-order valence-electron chi connectivity index (χ4n) is 6.03. The predicted molar refractivity (Wildman–Crippen MR) is 163 cm³/mol. The molecule has 1 aliphatic carbocycles. The van der Waals surface area contributed by atoms with Gasteiger partial charge in [0.05, 0.1) is 0 Å². The topological polar surface area (TPSA) is 79.3 Å². The molecule has 0 spiro atoms. The number of ketones is 1. The Hall–Kier alpha value is -3.71. The van der Waals surface area contributed by atoms with E-state index in [2.05, 4.69) is 72.2 Å². The molecule has 0 unspecified atom stereocenters. The van der Waals surface area contributed by atoms with Crippen LogP contribution in [0, 0.1) is 6.92 Å². The van der Waals surface area contributed by atoms with E-state index in [0.29, 0.717) is 17.6 Å². The summed E-state index contributed by atoms with van der Waals surface area (Å²) in [6.45, 7) is 17.6. The van der Waals surface area contributed by atoms with Crippen LogP contribution in [0.1, 0.15) is 69.9 Å². The van der Waals surface area contributed by atoms with Gasteiger partial charge in [0.1, 0.15) is 5.82 Å². The van der Waals surface area contributed by atoms with E-state index >= 15 is 0 Å². The second kappa shape index (κ2) is 10.7. The number of hydrogen-bond donors (Lipinski definition) is 2. The fourth-order valence-corrected chi connectivity index (χ4v) is 6.03. The van der Waals surface area contributed by atoms with Gasteiger partial charge >= 0.3 is 0 Å². The van der Waals surface area contributed by atoms with Gasteiger partial charge in [0.15, 0.2) is 5.78 Å². The number of hydrogen-bond acceptors (Lipinski definition) is 5. The molecule has 3 aromatic rings. The molecule has 0 bridgehead atoms. The van der Waals surface area contributed by atoms with Crippen molar-refractivity contribution >= 4 is 28.4 Å². The molecule has 0 radical (unpaired) electrons. The number of allylic oxidation sites excluding steroid dienone is 3. The molecule has 1 amide bonds. The van der Waals surface area contributed by atoms with Crippen LogP contribution in [0.4, 0.5) is 5.82 Å². The summed E-state index contributed by atoms with van der Waals surface area (Å²) in [6, 6.07) is 8.54. The number of pyridine rings is 1. The molecule has 2 aliphatic rings. The Labute approximate surface area is 237 Å². The van der Waals surface area contributed by atoms with Gasteiger partial charge in [-0.15, -0.1) is 0 Å². The number of amides is 1. The number of aryl methyl sites for hydroxylation is 1. The number of piperazine rings is 1. The van der Waals surface area contributed by atoms with Crippen LogP contribution in [-0.4, -0.2) is 53.0 Å². The third-order valence-corrected chi connectivity index (χ3v) is 8.04. The highest BCUT2D eigenvalue weighted by Crippen LogP contribution is 2.33. The first kappa shape index (κ1) is 27.8. The van der Waals surface area contributed by atoms with E-state index in [9.17, 15) is 9.59 Å². The molecule has 1 aromatic carbocycles. The van der Waals surface area contributed by atoms with E-state index in [1.54, 1.807) is 0 Å². The Kier molecular flexibility index (Phi) is 7.44. The fraction of sp³-hybridized carbons (Fsp3) is 0.424. The Morgan fingerprint density at radius 3 is 2.58 bits per heavy atom. The molecular weight excluding hydrogens is 498 g/mol. The molecule has 5 rings (SSSR count). The standard InChI is InChI=1S/C33H41N5O2/c1-20(2)38-18-23(5)31-26(32(40)35-17-27-22(4)12-21(3)13-29(27)39)14-25(15-28(31)38)24-8-9-30(34-16-24)37-11-10-36-33(6,7)19-37/h8-9,12,14-16,18,20,36H,10-11,13,17,19H2,1-7H3,(H,35,40). The zero-order chi connectivity index (χ0) is 28.8. The summed E-state index contributed by atoms with van der Waals surface area (Å²) < 4.78 is 2.22. The number of benzene rings is 1. The number of nitrogens with one attached hydrogen (secondary N) is 2. The highest BCUT2D eigenvalue weighted by Gasteiger charge is 2.27. The average molecular weight is 540 g/mol. The van der Waals surface area contributed by atoms with Crippen LogP contribution in [0.25, 0.3) is 22.0 Å². The Morgan fingerprint density at radius 2 is 1.93 bits per heavy atom. The zero-order valence-electron chi connectivity index (χ0n) is 24.8. The van der Waals surface area contributed by atoms with Crippen LogP contribution in [0.3, 0.4) is 0 Å². The van der Waals surface area contributed by atoms with Crippen molar-refractivity contribution in [2.75, 3.05) is 31.1 Å². The lowest BCUT2D eigenvalue weighted by Gasteiger charge is -2.39. The first-order valence-corrected chi connectivity index (χ1v) is 14.2. The first-order valence-electron chi connectivity index (χ1n) is 14.2. The predicted octanol–water partition coefficient (Wildman–Crippen LogP) is 5.75. The molecule has 1 saturated heterocycles. The van der Waals surface area contributed by atoms with Crippen molar-refractivity contribution in [3.8, 4) is 11.1 Å². The number of rotatable bonds is 6. The van der Waals surface area contributed by atoms with Crippen molar-refractivity contribution in [1.29, 1.82) is 0 Å². The molecular formula is C33H41N5O2. The van der Waals surface area contributed by atoms with Gasteiger partial charge in [0.25, 0.3) is 5.91 Å². The minimum Gasteiger partial charge on any atom is -0.354 e. The monoisotopic (exact) mass is 539 g/mol. The lowest BCUT2D eigenvalue weighted by Crippen LogP contribution is -2.57. The van der Waals surface area contributed by atoms with Crippen molar-refractivity contribution in [1.82, 2.24) is 20.2 Å². The number of fused-ring (bicyclic) bond motifs is 1. The molecule has 0 atom stereocenters. The third kappa shape index (κ3) is 5.48. The minimum atomic E-state index is -0.177. The van der Waals surface area contributed by atoms with Crippen molar-refractivity contribution < 1.29 is 9.59 Å². The maximum absolute atomic E-state index is 13.7. The third-order valence-electron chi connectivity index (χ3n) is 8.04. The number of aromatic nitrogens is 2. The summed E-state index contributed by atoms with van der Waals surface area (Å²) in [6.07, 6.45) is 6.47. The number of carbonyl (C=O) groups is 2. The van der Waals surface area contributed by atoms with Gasteiger partial charge < -0.3 is 20.1 Å². The lowest BCUT2D eigenvalue weighted by molar-refractivity contribution is -0.115. The molecule has 7 nitrogen and oxygen atoms in total. The largest absolute Gasteiger partial charge is 0.354 e. The summed E-state index contributed by atoms with van der Waals surface area (Å²) in [5.74, 6) is 0.866. The second-order valence-corrected chi connectivity index (χ2v) is 12.3. The molecule has 2 aromatic heterocycles. The Balaban J connectivity index is 1.50. The summed E-state index contributed by atoms with van der Waals surface area (Å²) >= 11 is 0. The molecule has 40 heavy (non-hydrogen) atoms. The van der Waals surface area contributed by atoms with Gasteiger partial charge in [-0.3, -0.25) is 9.59 Å². The molecule has 1 aliphatic heterocycles. The van der Waals surface area contributed by atoms with E-state index in [1.807, 2.05) is 39.1 Å². The number of anilines is 1. The number of carbonyl (C=O) groups excluding carboxylic acids is 2. The van der Waals surface area contributed by atoms with Crippen molar-refractivity contribution in [2.24, 2.45) is 0 Å². The van der Waals surface area contributed by atoms with Crippen molar-refractivity contribution in [3.05, 3.63) is 70.6 Å². The van der Waals surface area contributed by atoms with E-state index < -0.39 is 0 Å². The normalized spacial score (nSPS) is 17.6. The van der Waals surface area contributed by atoms with Crippen LogP contribution >= 0.6 is 0 Å². The lowest BCUT2D eigenvalue weighted by atomic mass is 9.92. The Bertz CT molecular complexity index is 1540. The van der Waals surface area contributed by atoms with Gasteiger partial charge in [0.2, 0.25) is 0 Å². The van der Waals surface area contributed by atoms with Gasteiger partial charge in [-0.2, -0.15) is 0 Å². The van der Waals surface area contributed by atoms with Gasteiger partial charge in [-0.25, -0.2) is 4.98 Å². The molecule has 2 N–H and O–H groups in total. The summed E-state index contributed by atoms with van der Waals surface area (Å²) in [7, 11) is 0. The van der Waals surface area contributed by atoms with Crippen LogP contribution in [0.2, 0.25) is 0 Å². The first-order chi connectivity index (χ1) is 18.9. The van der Waals surface area contributed by atoms with Crippen molar-refractivity contribution in [3.63, 3.8) is 0 Å². The quantitative estimate of drug-likeness (QED) is 0.417. The van der Waals surface area contributed by atoms with Crippen LogP contribution in [0.15, 0.2) is 59.5 Å². The maximum Gasteiger partial charge on any atom is 0.252 e. The van der Waals surface area contributed by atoms with Gasteiger partial charge in [-0.05, 0) is 89.4 Å². The SMILES string of the molecule is CC1=CC(C)=C(CNC(=O)c2cc(-c3ccc(N4CCNC(C)(C)C4)nc3)cc3c2c(C)cn3C(C)C)C(=O)C1.